The van der Waals surface area contributed by atoms with Gasteiger partial charge in [-0.1, -0.05) is 12.1 Å². The first kappa shape index (κ1) is 12.8. The van der Waals surface area contributed by atoms with Gasteiger partial charge in [-0.25, -0.2) is 0 Å². The summed E-state index contributed by atoms with van der Waals surface area (Å²) in [7, 11) is 1.33. The Balaban J connectivity index is 2.82. The van der Waals surface area contributed by atoms with E-state index in [-0.39, 0.29) is 16.4 Å². The van der Waals surface area contributed by atoms with Crippen molar-refractivity contribution in [3.05, 3.63) is 39.9 Å². The molecule has 2 N–H and O–H groups in total. The summed E-state index contributed by atoms with van der Waals surface area (Å²) in [5.74, 6) is -0.670. The molecular weight excluding hydrogens is 246 g/mol. The molecule has 0 aliphatic rings. The average molecular weight is 255 g/mol. The molecule has 0 fully saturated rings. The van der Waals surface area contributed by atoms with Crippen LogP contribution in [-0.4, -0.2) is 23.1 Å². The van der Waals surface area contributed by atoms with E-state index >= 15 is 0 Å². The van der Waals surface area contributed by atoms with Gasteiger partial charge in [0, 0.05) is 6.07 Å². The Labute approximate surface area is 102 Å². The van der Waals surface area contributed by atoms with Gasteiger partial charge in [-0.05, 0) is 18.3 Å². The lowest BCUT2D eigenvalue weighted by molar-refractivity contribution is -0.385. The number of hydrogen-bond acceptors (Lipinski definition) is 5. The van der Waals surface area contributed by atoms with Crippen molar-refractivity contribution >= 4 is 29.0 Å². The summed E-state index contributed by atoms with van der Waals surface area (Å²) in [4.78, 5) is 21.6. The summed E-state index contributed by atoms with van der Waals surface area (Å²) in [6, 6.07) is 5.58. The van der Waals surface area contributed by atoms with Crippen LogP contribution in [0.2, 0.25) is 0 Å². The van der Waals surface area contributed by atoms with Gasteiger partial charge in [0.05, 0.1) is 12.0 Å². The monoisotopic (exact) mass is 255 g/mol. The van der Waals surface area contributed by atoms with Crippen molar-refractivity contribution in [1.29, 1.82) is 0 Å². The van der Waals surface area contributed by atoms with Gasteiger partial charge < -0.3 is 4.74 Å². The fraction of sp³-hybridized carbons (Fsp3) is 0.111. The first-order valence-electron chi connectivity index (χ1n) is 4.44. The SMILES string of the molecule is COC(=S)NNC(=O)c1ccccc1[N+](=O)[O-]. The lowest BCUT2D eigenvalue weighted by Crippen LogP contribution is -2.41. The number of hydrogen-bond donors (Lipinski definition) is 2. The molecule has 0 aromatic heterocycles. The lowest BCUT2D eigenvalue weighted by Gasteiger charge is -2.07. The highest BCUT2D eigenvalue weighted by atomic mass is 32.1. The van der Waals surface area contributed by atoms with E-state index in [0.717, 1.165) is 0 Å². The number of carbonyl (C=O) groups is 1. The van der Waals surface area contributed by atoms with Crippen molar-refractivity contribution in [2.45, 2.75) is 0 Å². The van der Waals surface area contributed by atoms with Crippen LogP contribution in [0, 0.1) is 10.1 Å². The fourth-order valence-electron chi connectivity index (χ4n) is 1.05. The third-order valence-corrected chi connectivity index (χ3v) is 2.08. The highest BCUT2D eigenvalue weighted by molar-refractivity contribution is 7.80. The Morgan fingerprint density at radius 3 is 2.65 bits per heavy atom. The normalized spacial score (nSPS) is 9.24. The fourth-order valence-corrected chi connectivity index (χ4v) is 1.10. The number of thiocarbonyl (C=S) groups is 1. The number of benzene rings is 1. The van der Waals surface area contributed by atoms with Crippen LogP contribution in [0.4, 0.5) is 5.69 Å². The Morgan fingerprint density at radius 2 is 2.06 bits per heavy atom. The Hall–Kier alpha value is -2.22. The maximum absolute atomic E-state index is 11.6. The highest BCUT2D eigenvalue weighted by Gasteiger charge is 2.18. The molecule has 0 aliphatic heterocycles. The van der Waals surface area contributed by atoms with Crippen LogP contribution >= 0.6 is 12.2 Å². The van der Waals surface area contributed by atoms with E-state index in [2.05, 4.69) is 27.8 Å². The minimum atomic E-state index is -0.670. The Kier molecular flexibility index (Phi) is 4.35. The van der Waals surface area contributed by atoms with E-state index in [0.29, 0.717) is 0 Å². The van der Waals surface area contributed by atoms with Crippen molar-refractivity contribution in [2.75, 3.05) is 7.11 Å². The number of amides is 1. The Bertz CT molecular complexity index is 463. The van der Waals surface area contributed by atoms with E-state index in [4.69, 9.17) is 0 Å². The second-order valence-corrected chi connectivity index (χ2v) is 3.22. The second kappa shape index (κ2) is 5.75. The molecule has 0 spiro atoms. The number of carbonyl (C=O) groups excluding carboxylic acids is 1. The van der Waals surface area contributed by atoms with Gasteiger partial charge in [0.15, 0.2) is 0 Å². The summed E-state index contributed by atoms with van der Waals surface area (Å²) < 4.78 is 4.59. The zero-order chi connectivity index (χ0) is 12.8. The van der Waals surface area contributed by atoms with Gasteiger partial charge in [0.2, 0.25) is 0 Å². The minimum Gasteiger partial charge on any atom is -0.473 e. The predicted molar refractivity (Wildman–Crippen MR) is 63.3 cm³/mol. The van der Waals surface area contributed by atoms with E-state index < -0.39 is 10.8 Å². The topological polar surface area (TPSA) is 93.5 Å². The van der Waals surface area contributed by atoms with Crippen LogP contribution < -0.4 is 10.9 Å². The molecule has 0 aliphatic carbocycles. The highest BCUT2D eigenvalue weighted by Crippen LogP contribution is 2.16. The molecule has 0 atom stereocenters. The number of para-hydroxylation sites is 1. The van der Waals surface area contributed by atoms with E-state index in [9.17, 15) is 14.9 Å². The first-order chi connectivity index (χ1) is 8.06. The van der Waals surface area contributed by atoms with Crippen LogP contribution in [0.3, 0.4) is 0 Å². The number of hydrazine groups is 1. The molecule has 0 bridgehead atoms. The molecule has 0 saturated heterocycles. The minimum absolute atomic E-state index is 0.0445. The van der Waals surface area contributed by atoms with Gasteiger partial charge >= 0.3 is 0 Å². The number of nitrogens with one attached hydrogen (secondary N) is 2. The summed E-state index contributed by atoms with van der Waals surface area (Å²) in [6.45, 7) is 0. The first-order valence-corrected chi connectivity index (χ1v) is 4.84. The zero-order valence-corrected chi connectivity index (χ0v) is 9.61. The average Bonchev–Trinajstić information content (AvgIpc) is 2.35. The molecule has 1 aromatic carbocycles. The third kappa shape index (κ3) is 3.38. The van der Waals surface area contributed by atoms with E-state index in [1.165, 1.54) is 31.4 Å². The van der Waals surface area contributed by atoms with Crippen molar-refractivity contribution in [2.24, 2.45) is 0 Å². The standard InChI is InChI=1S/C9H9N3O4S/c1-16-9(17)11-10-8(13)6-4-2-3-5-7(6)12(14)15/h2-5H,1H3,(H,10,13)(H,11,17). The van der Waals surface area contributed by atoms with Crippen LogP contribution in [0.1, 0.15) is 10.4 Å². The van der Waals surface area contributed by atoms with Crippen molar-refractivity contribution < 1.29 is 14.5 Å². The Morgan fingerprint density at radius 1 is 1.41 bits per heavy atom. The van der Waals surface area contributed by atoms with Crippen molar-refractivity contribution in [3.63, 3.8) is 0 Å². The smallest absolute Gasteiger partial charge is 0.282 e. The summed E-state index contributed by atoms with van der Waals surface area (Å²) in [6.07, 6.45) is 0. The van der Waals surface area contributed by atoms with Crippen molar-refractivity contribution in [3.8, 4) is 0 Å². The molecule has 1 rings (SSSR count). The van der Waals surface area contributed by atoms with Gasteiger partial charge in [-0.15, -0.1) is 0 Å². The number of nitrogens with zero attached hydrogens (tertiary/aromatic N) is 1. The molecule has 0 radical (unpaired) electrons. The van der Waals surface area contributed by atoms with Gasteiger partial charge in [-0.2, -0.15) is 0 Å². The van der Waals surface area contributed by atoms with Crippen LogP contribution in [-0.2, 0) is 4.74 Å². The lowest BCUT2D eigenvalue weighted by atomic mass is 10.2. The van der Waals surface area contributed by atoms with Gasteiger partial charge in [0.1, 0.15) is 5.56 Å². The molecule has 7 nitrogen and oxygen atoms in total. The summed E-state index contributed by atoms with van der Waals surface area (Å²) in [5.41, 5.74) is 4.12. The molecule has 17 heavy (non-hydrogen) atoms. The number of ether oxygens (including phenoxy) is 1. The maximum Gasteiger partial charge on any atom is 0.282 e. The number of rotatable bonds is 2. The molecule has 90 valence electrons. The molecule has 8 heteroatoms. The van der Waals surface area contributed by atoms with Crippen LogP contribution in [0.15, 0.2) is 24.3 Å². The van der Waals surface area contributed by atoms with Gasteiger partial charge in [-0.3, -0.25) is 25.8 Å². The quantitative estimate of drug-likeness (QED) is 0.460. The molecule has 0 heterocycles. The van der Waals surface area contributed by atoms with Crippen LogP contribution in [0.25, 0.3) is 0 Å². The molecule has 0 unspecified atom stereocenters. The predicted octanol–water partition coefficient (Wildman–Crippen LogP) is 0.760. The molecular formula is C9H9N3O4S. The number of nitro benzene ring substituents is 1. The largest absolute Gasteiger partial charge is 0.473 e. The maximum atomic E-state index is 11.6. The molecule has 0 saturated carbocycles. The van der Waals surface area contributed by atoms with Gasteiger partial charge in [0.25, 0.3) is 16.8 Å². The second-order valence-electron chi connectivity index (χ2n) is 2.84. The molecule has 1 aromatic rings. The number of nitro groups is 1. The van der Waals surface area contributed by atoms with Crippen molar-refractivity contribution in [1.82, 2.24) is 10.9 Å². The summed E-state index contributed by atoms with van der Waals surface area (Å²) in [5, 5.41) is 10.6. The third-order valence-electron chi connectivity index (χ3n) is 1.81. The molecule has 1 amide bonds. The van der Waals surface area contributed by atoms with Crippen LogP contribution in [0.5, 0.6) is 0 Å². The zero-order valence-electron chi connectivity index (χ0n) is 8.80. The summed E-state index contributed by atoms with van der Waals surface area (Å²) >= 11 is 4.63. The number of methoxy groups -OCH3 is 1. The van der Waals surface area contributed by atoms with E-state index in [1.54, 1.807) is 0 Å². The van der Waals surface area contributed by atoms with E-state index in [1.807, 2.05) is 0 Å².